The monoisotopic (exact) mass is 355 g/mol. The average molecular weight is 356 g/mol. The number of carbonyl (C=O) groups excluding carboxylic acids is 1. The Balaban J connectivity index is 2.23. The molecule has 0 saturated heterocycles. The van der Waals surface area contributed by atoms with Gasteiger partial charge in [-0.2, -0.15) is 0 Å². The van der Waals surface area contributed by atoms with Gasteiger partial charge in [-0.05, 0) is 54.7 Å². The molecule has 0 radical (unpaired) electrons. The smallest absolute Gasteiger partial charge is 0.179 e. The molecule has 112 valence electrons. The van der Waals surface area contributed by atoms with Crippen LogP contribution in [0.25, 0.3) is 21.5 Å². The van der Waals surface area contributed by atoms with E-state index < -0.39 is 0 Å². The van der Waals surface area contributed by atoms with Gasteiger partial charge >= 0.3 is 0 Å². The molecule has 0 aromatic heterocycles. The van der Waals surface area contributed by atoms with E-state index in [4.69, 9.17) is 0 Å². The fourth-order valence-corrected chi connectivity index (χ4v) is 3.28. The largest absolute Gasteiger partial charge is 0.300 e. The number of carbonyl (C=O) groups is 1. The second kappa shape index (κ2) is 5.82. The molecule has 0 aliphatic rings. The third-order valence-corrected chi connectivity index (χ3v) is 4.90. The third-order valence-electron chi connectivity index (χ3n) is 4.25. The maximum absolute atomic E-state index is 12.6. The fourth-order valence-electron chi connectivity index (χ4n) is 2.68. The van der Waals surface area contributed by atoms with Crippen molar-refractivity contribution in [2.24, 2.45) is 0 Å². The van der Waals surface area contributed by atoms with Gasteiger partial charge in [-0.3, -0.25) is 9.69 Å². The Labute approximate surface area is 138 Å². The Hall–Kier alpha value is -1.71. The first kappa shape index (κ1) is 15.2. The summed E-state index contributed by atoms with van der Waals surface area (Å²) in [5.41, 5.74) is 0.765. The first-order valence-corrected chi connectivity index (χ1v) is 8.10. The summed E-state index contributed by atoms with van der Waals surface area (Å²) in [5, 5.41) is 4.59. The van der Waals surface area contributed by atoms with Crippen molar-refractivity contribution < 1.29 is 4.79 Å². The second-order valence-corrected chi connectivity index (χ2v) is 6.70. The molecule has 1 atom stereocenters. The highest BCUT2D eigenvalue weighted by Crippen LogP contribution is 2.32. The minimum atomic E-state index is -0.126. The number of fused-ring (bicyclic) bond motifs is 3. The molecule has 3 aromatic carbocycles. The number of nitrogens with zero attached hydrogens (tertiary/aromatic N) is 1. The van der Waals surface area contributed by atoms with Crippen molar-refractivity contribution in [2.75, 3.05) is 14.1 Å². The molecule has 0 aliphatic heterocycles. The fraction of sp³-hybridized carbons (Fsp3) is 0.211. The summed E-state index contributed by atoms with van der Waals surface area (Å²) in [5.74, 6) is 0.152. The molecular weight excluding hydrogens is 338 g/mol. The summed E-state index contributed by atoms with van der Waals surface area (Å²) >= 11 is 3.63. The number of hydrogen-bond donors (Lipinski definition) is 0. The maximum Gasteiger partial charge on any atom is 0.179 e. The van der Waals surface area contributed by atoms with Crippen molar-refractivity contribution in [1.29, 1.82) is 0 Å². The van der Waals surface area contributed by atoms with Crippen LogP contribution >= 0.6 is 15.9 Å². The average Bonchev–Trinajstić information content (AvgIpc) is 2.53. The second-order valence-electron chi connectivity index (χ2n) is 5.84. The van der Waals surface area contributed by atoms with Crippen molar-refractivity contribution in [1.82, 2.24) is 4.90 Å². The number of rotatable bonds is 3. The molecule has 0 fully saturated rings. The minimum Gasteiger partial charge on any atom is -0.300 e. The number of halogens is 1. The number of likely N-dealkylation sites (N-methyl/N-ethyl adjacent to an activating group) is 1. The summed E-state index contributed by atoms with van der Waals surface area (Å²) in [6, 6.07) is 16.2. The van der Waals surface area contributed by atoms with Gasteiger partial charge in [-0.1, -0.05) is 52.3 Å². The van der Waals surface area contributed by atoms with E-state index in [1.165, 1.54) is 10.8 Å². The van der Waals surface area contributed by atoms with E-state index in [1.807, 2.05) is 56.3 Å². The quantitative estimate of drug-likeness (QED) is 0.492. The molecule has 3 heteroatoms. The standard InChI is InChI=1S/C19H18BrNO/c1-12(21(2)3)19(22)14-9-8-13-11-18(20)16-7-5-4-6-15(16)17(13)10-14/h4-12H,1-3H3/t12-/m0/s1. The number of ketones is 1. The number of hydrogen-bond acceptors (Lipinski definition) is 2. The molecule has 0 spiro atoms. The number of benzene rings is 3. The molecule has 0 amide bonds. The van der Waals surface area contributed by atoms with Crippen LogP contribution in [0, 0.1) is 0 Å². The lowest BCUT2D eigenvalue weighted by atomic mass is 9.97. The van der Waals surface area contributed by atoms with Gasteiger partial charge in [-0.25, -0.2) is 0 Å². The van der Waals surface area contributed by atoms with E-state index in [0.29, 0.717) is 0 Å². The van der Waals surface area contributed by atoms with Crippen molar-refractivity contribution in [3.8, 4) is 0 Å². The van der Waals surface area contributed by atoms with E-state index in [-0.39, 0.29) is 11.8 Å². The number of Topliss-reactive ketones (excluding diaryl/α,β-unsaturated/α-hetero) is 1. The van der Waals surface area contributed by atoms with E-state index in [2.05, 4.69) is 34.1 Å². The highest BCUT2D eigenvalue weighted by molar-refractivity contribution is 9.10. The van der Waals surface area contributed by atoms with Crippen molar-refractivity contribution in [3.63, 3.8) is 0 Å². The molecule has 0 bridgehead atoms. The molecule has 0 saturated carbocycles. The Kier molecular flexibility index (Phi) is 4.02. The predicted molar refractivity (Wildman–Crippen MR) is 96.6 cm³/mol. The molecule has 22 heavy (non-hydrogen) atoms. The van der Waals surface area contributed by atoms with E-state index in [1.54, 1.807) is 0 Å². The summed E-state index contributed by atoms with van der Waals surface area (Å²) in [6.45, 7) is 1.94. The Morgan fingerprint density at radius 3 is 2.36 bits per heavy atom. The van der Waals surface area contributed by atoms with E-state index >= 15 is 0 Å². The molecule has 0 aliphatic carbocycles. The van der Waals surface area contributed by atoms with Crippen LogP contribution in [-0.4, -0.2) is 30.8 Å². The van der Waals surface area contributed by atoms with E-state index in [9.17, 15) is 4.79 Å². The molecular formula is C19H18BrNO. The van der Waals surface area contributed by atoms with E-state index in [0.717, 1.165) is 20.8 Å². The summed E-state index contributed by atoms with van der Waals surface area (Å²) in [4.78, 5) is 14.5. The van der Waals surface area contributed by atoms with Crippen molar-refractivity contribution in [2.45, 2.75) is 13.0 Å². The Morgan fingerprint density at radius 1 is 1.00 bits per heavy atom. The Morgan fingerprint density at radius 2 is 1.68 bits per heavy atom. The van der Waals surface area contributed by atoms with Crippen LogP contribution in [0.3, 0.4) is 0 Å². The van der Waals surface area contributed by atoms with Gasteiger partial charge in [-0.15, -0.1) is 0 Å². The van der Waals surface area contributed by atoms with Gasteiger partial charge in [0.15, 0.2) is 5.78 Å². The van der Waals surface area contributed by atoms with Crippen LogP contribution in [0.15, 0.2) is 53.0 Å². The Bertz CT molecular complexity index is 870. The van der Waals surface area contributed by atoms with Gasteiger partial charge in [0.05, 0.1) is 6.04 Å². The lowest BCUT2D eigenvalue weighted by Gasteiger charge is -2.18. The first-order valence-electron chi connectivity index (χ1n) is 7.30. The highest BCUT2D eigenvalue weighted by atomic mass is 79.9. The van der Waals surface area contributed by atoms with Gasteiger partial charge in [0.25, 0.3) is 0 Å². The van der Waals surface area contributed by atoms with Crippen LogP contribution in [0.1, 0.15) is 17.3 Å². The van der Waals surface area contributed by atoms with Gasteiger partial charge < -0.3 is 0 Å². The molecule has 3 aromatic rings. The van der Waals surface area contributed by atoms with Crippen LogP contribution in [0.2, 0.25) is 0 Å². The van der Waals surface area contributed by atoms with Gasteiger partial charge in [0, 0.05) is 10.0 Å². The first-order chi connectivity index (χ1) is 10.5. The van der Waals surface area contributed by atoms with Crippen molar-refractivity contribution in [3.05, 3.63) is 58.6 Å². The molecule has 0 heterocycles. The zero-order valence-corrected chi connectivity index (χ0v) is 14.5. The zero-order chi connectivity index (χ0) is 15.9. The normalized spacial score (nSPS) is 13.0. The lowest BCUT2D eigenvalue weighted by molar-refractivity contribution is 0.0891. The SMILES string of the molecule is C[C@@H](C(=O)c1ccc2cc(Br)c3ccccc3c2c1)N(C)C. The molecule has 0 N–H and O–H groups in total. The lowest BCUT2D eigenvalue weighted by Crippen LogP contribution is -2.32. The predicted octanol–water partition coefficient (Wildman–Crippen LogP) is 4.89. The van der Waals surface area contributed by atoms with Crippen molar-refractivity contribution >= 4 is 43.3 Å². The van der Waals surface area contributed by atoms with Crippen LogP contribution < -0.4 is 0 Å². The van der Waals surface area contributed by atoms with Gasteiger partial charge in [0.2, 0.25) is 0 Å². The van der Waals surface area contributed by atoms with Gasteiger partial charge in [0.1, 0.15) is 0 Å². The summed E-state index contributed by atoms with van der Waals surface area (Å²) < 4.78 is 1.08. The third kappa shape index (κ3) is 2.55. The maximum atomic E-state index is 12.6. The summed E-state index contributed by atoms with van der Waals surface area (Å²) in [7, 11) is 3.85. The molecule has 3 rings (SSSR count). The topological polar surface area (TPSA) is 20.3 Å². The zero-order valence-electron chi connectivity index (χ0n) is 12.9. The molecule has 2 nitrogen and oxygen atoms in total. The van der Waals surface area contributed by atoms with Crippen LogP contribution in [-0.2, 0) is 0 Å². The molecule has 0 unspecified atom stereocenters. The van der Waals surface area contributed by atoms with Crippen LogP contribution in [0.5, 0.6) is 0 Å². The minimum absolute atomic E-state index is 0.126. The van der Waals surface area contributed by atoms with Crippen LogP contribution in [0.4, 0.5) is 0 Å². The summed E-state index contributed by atoms with van der Waals surface area (Å²) in [6.07, 6.45) is 0. The highest BCUT2D eigenvalue weighted by Gasteiger charge is 2.17.